The molecule has 0 spiro atoms. The van der Waals surface area contributed by atoms with Crippen molar-refractivity contribution in [2.24, 2.45) is 9.98 Å². The molecule has 2 heterocycles. The molecule has 0 aliphatic carbocycles. The van der Waals surface area contributed by atoms with Gasteiger partial charge in [-0.05, 0) is 39.3 Å². The zero-order valence-electron chi connectivity index (χ0n) is 20.3. The van der Waals surface area contributed by atoms with Crippen LogP contribution in [0.5, 0.6) is 0 Å². The van der Waals surface area contributed by atoms with Crippen molar-refractivity contribution >= 4 is 29.4 Å². The molecule has 32 heavy (non-hydrogen) atoms. The van der Waals surface area contributed by atoms with Crippen molar-refractivity contribution in [3.8, 4) is 0 Å². The van der Waals surface area contributed by atoms with Crippen molar-refractivity contribution in [1.29, 1.82) is 0 Å². The summed E-state index contributed by atoms with van der Waals surface area (Å²) in [7, 11) is 2.13. The third-order valence-corrected chi connectivity index (χ3v) is 6.54. The van der Waals surface area contributed by atoms with Gasteiger partial charge in [-0.2, -0.15) is 0 Å². The van der Waals surface area contributed by atoms with Crippen molar-refractivity contribution in [3.63, 3.8) is 0 Å². The van der Waals surface area contributed by atoms with Gasteiger partial charge in [0.1, 0.15) is 23.8 Å². The average molecular weight is 457 g/mol. The highest BCUT2D eigenvalue weighted by atomic mass is 32.1. The van der Waals surface area contributed by atoms with Gasteiger partial charge in [-0.3, -0.25) is 4.99 Å². The highest BCUT2D eigenvalue weighted by Crippen LogP contribution is 2.25. The number of likely N-dealkylation sites (tertiary alicyclic amines) is 1. The summed E-state index contributed by atoms with van der Waals surface area (Å²) in [6.07, 6.45) is 11.0. The quantitative estimate of drug-likeness (QED) is 0.197. The zero-order valence-corrected chi connectivity index (χ0v) is 21.1. The van der Waals surface area contributed by atoms with Crippen LogP contribution in [-0.4, -0.2) is 84.3 Å². The predicted molar refractivity (Wildman–Crippen MR) is 142 cm³/mol. The van der Waals surface area contributed by atoms with Crippen molar-refractivity contribution in [3.05, 3.63) is 48.2 Å². The minimum absolute atomic E-state index is 0.336. The fourth-order valence-corrected chi connectivity index (χ4v) is 4.32. The Balaban J connectivity index is 1.90. The maximum atomic E-state index is 5.57. The van der Waals surface area contributed by atoms with Crippen LogP contribution in [0.25, 0.3) is 0 Å². The number of thiocarbonyl (C=S) groups is 1. The number of amidine groups is 1. The SMILES string of the molecule is C=C/C=C(C)\C=C1\CCCN(C(CC)=NC=NCNC(=C)C(=S)N2CCN(C)CC2)C1C. The largest absolute Gasteiger partial charge is 0.364 e. The first-order chi connectivity index (χ1) is 15.4. The van der Waals surface area contributed by atoms with Crippen molar-refractivity contribution in [2.75, 3.05) is 46.4 Å². The number of nitrogens with one attached hydrogen (secondary N) is 1. The van der Waals surface area contributed by atoms with Gasteiger partial charge in [0.25, 0.3) is 0 Å². The highest BCUT2D eigenvalue weighted by molar-refractivity contribution is 7.80. The van der Waals surface area contributed by atoms with Crippen LogP contribution in [0, 0.1) is 0 Å². The first-order valence-electron chi connectivity index (χ1n) is 11.6. The lowest BCUT2D eigenvalue weighted by molar-refractivity contribution is 0.217. The molecule has 2 aliphatic heterocycles. The van der Waals surface area contributed by atoms with Gasteiger partial charge >= 0.3 is 0 Å². The Bertz CT molecular complexity index is 786. The lowest BCUT2D eigenvalue weighted by Gasteiger charge is -2.37. The summed E-state index contributed by atoms with van der Waals surface area (Å²) in [5.41, 5.74) is 3.44. The number of piperidine rings is 1. The Morgan fingerprint density at radius 1 is 1.25 bits per heavy atom. The van der Waals surface area contributed by atoms with Crippen molar-refractivity contribution in [2.45, 2.75) is 46.1 Å². The molecule has 6 nitrogen and oxygen atoms in total. The van der Waals surface area contributed by atoms with Crippen molar-refractivity contribution in [1.82, 2.24) is 20.0 Å². The monoisotopic (exact) mass is 456 g/mol. The van der Waals surface area contributed by atoms with Crippen LogP contribution in [0.1, 0.15) is 40.0 Å². The van der Waals surface area contributed by atoms with Crippen LogP contribution in [-0.2, 0) is 0 Å². The fraction of sp³-hybridized carbons (Fsp3) is 0.560. The molecule has 0 aromatic carbocycles. The highest BCUT2D eigenvalue weighted by Gasteiger charge is 2.24. The van der Waals surface area contributed by atoms with Crippen LogP contribution in [0.15, 0.2) is 58.2 Å². The van der Waals surface area contributed by atoms with E-state index in [0.29, 0.717) is 12.7 Å². The Morgan fingerprint density at radius 3 is 2.62 bits per heavy atom. The minimum Gasteiger partial charge on any atom is -0.364 e. The Labute approximate surface area is 200 Å². The van der Waals surface area contributed by atoms with E-state index in [-0.39, 0.29) is 0 Å². The molecule has 0 radical (unpaired) electrons. The second-order valence-electron chi connectivity index (χ2n) is 8.44. The summed E-state index contributed by atoms with van der Waals surface area (Å²) in [6.45, 7) is 19.8. The number of nitrogens with zero attached hydrogens (tertiary/aromatic N) is 5. The maximum Gasteiger partial charge on any atom is 0.124 e. The van der Waals surface area contributed by atoms with E-state index in [0.717, 1.165) is 68.5 Å². The molecule has 1 atom stereocenters. The third-order valence-electron chi connectivity index (χ3n) is 6.03. The molecule has 0 aromatic rings. The van der Waals surface area contributed by atoms with Crippen LogP contribution in [0.2, 0.25) is 0 Å². The van der Waals surface area contributed by atoms with E-state index in [1.807, 2.05) is 6.08 Å². The van der Waals surface area contributed by atoms with Crippen LogP contribution in [0.3, 0.4) is 0 Å². The van der Waals surface area contributed by atoms with E-state index in [9.17, 15) is 0 Å². The Morgan fingerprint density at radius 2 is 1.97 bits per heavy atom. The maximum absolute atomic E-state index is 5.57. The first-order valence-corrected chi connectivity index (χ1v) is 12.0. The molecule has 2 fully saturated rings. The molecular formula is C25H40N6S. The van der Waals surface area contributed by atoms with E-state index in [1.54, 1.807) is 6.34 Å². The summed E-state index contributed by atoms with van der Waals surface area (Å²) in [5.74, 6) is 1.07. The molecule has 1 unspecified atom stereocenters. The lowest BCUT2D eigenvalue weighted by Crippen LogP contribution is -2.48. The Kier molecular flexibility index (Phi) is 10.8. The zero-order chi connectivity index (χ0) is 23.5. The minimum atomic E-state index is 0.336. The van der Waals surface area contributed by atoms with E-state index in [2.05, 4.69) is 83.1 Å². The molecule has 7 heteroatoms. The van der Waals surface area contributed by atoms with E-state index in [1.165, 1.54) is 11.1 Å². The molecule has 0 saturated carbocycles. The standard InChI is InChI=1S/C25H40N6S/c1-7-10-20(3)17-23-11-9-12-31(22(23)5)24(8-2)28-19-26-18-27-21(4)25(32)30-15-13-29(6)14-16-30/h7,10,17,19,22,27H,1,4,8-9,11-16,18H2,2-3,5-6H3/b20-10-,23-17-,26-19?,28-24?. The number of hydrogen-bond donors (Lipinski definition) is 1. The number of aliphatic imine (C=N–C) groups is 2. The summed E-state index contributed by atoms with van der Waals surface area (Å²) in [5, 5.41) is 3.22. The van der Waals surface area contributed by atoms with Gasteiger partial charge in [0.05, 0.1) is 5.70 Å². The first kappa shape index (κ1) is 26.0. The summed E-state index contributed by atoms with van der Waals surface area (Å²) in [6, 6.07) is 0.336. The molecule has 0 bridgehead atoms. The van der Waals surface area contributed by atoms with Gasteiger partial charge < -0.3 is 20.0 Å². The molecule has 2 aliphatic rings. The number of rotatable bonds is 8. The Hall–Kier alpha value is -2.25. The molecule has 0 aromatic heterocycles. The number of likely N-dealkylation sites (N-methyl/N-ethyl adjacent to an activating group) is 1. The molecular weight excluding hydrogens is 416 g/mol. The topological polar surface area (TPSA) is 46.5 Å². The smallest absolute Gasteiger partial charge is 0.124 e. The van der Waals surface area contributed by atoms with Gasteiger partial charge in [0.2, 0.25) is 0 Å². The molecule has 1 N–H and O–H groups in total. The summed E-state index contributed by atoms with van der Waals surface area (Å²) >= 11 is 5.57. The fourth-order valence-electron chi connectivity index (χ4n) is 4.06. The van der Waals surface area contributed by atoms with Gasteiger partial charge in [-0.1, -0.05) is 56.1 Å². The molecule has 0 amide bonds. The van der Waals surface area contributed by atoms with Gasteiger partial charge in [0.15, 0.2) is 0 Å². The third kappa shape index (κ3) is 7.71. The van der Waals surface area contributed by atoms with E-state index in [4.69, 9.17) is 12.2 Å². The molecule has 2 saturated heterocycles. The second kappa shape index (κ2) is 13.3. The second-order valence-corrected chi connectivity index (χ2v) is 8.83. The van der Waals surface area contributed by atoms with Crippen LogP contribution < -0.4 is 5.32 Å². The van der Waals surface area contributed by atoms with Crippen molar-refractivity contribution < 1.29 is 0 Å². The normalized spacial score (nSPS) is 22.5. The van der Waals surface area contributed by atoms with Gasteiger partial charge in [-0.15, -0.1) is 0 Å². The molecule has 2 rings (SSSR count). The van der Waals surface area contributed by atoms with E-state index >= 15 is 0 Å². The van der Waals surface area contributed by atoms with E-state index < -0.39 is 0 Å². The summed E-state index contributed by atoms with van der Waals surface area (Å²) in [4.78, 5) is 16.8. The van der Waals surface area contributed by atoms with Gasteiger partial charge in [-0.25, -0.2) is 4.99 Å². The van der Waals surface area contributed by atoms with Crippen LogP contribution in [0.4, 0.5) is 0 Å². The predicted octanol–water partition coefficient (Wildman–Crippen LogP) is 4.00. The molecule has 176 valence electrons. The van der Waals surface area contributed by atoms with Crippen LogP contribution >= 0.6 is 12.2 Å². The number of hydrogen-bond acceptors (Lipinski definition) is 4. The summed E-state index contributed by atoms with van der Waals surface area (Å²) < 4.78 is 0. The van der Waals surface area contributed by atoms with Gasteiger partial charge in [0, 0.05) is 45.2 Å². The average Bonchev–Trinajstić information content (AvgIpc) is 2.78. The number of allylic oxidation sites excluding steroid dienone is 4. The lowest BCUT2D eigenvalue weighted by atomic mass is 9.94. The number of piperazine rings is 1.